The lowest BCUT2D eigenvalue weighted by atomic mass is 10.2. The Morgan fingerprint density at radius 3 is 1.55 bits per heavy atom. The van der Waals surface area contributed by atoms with E-state index < -0.39 is 0 Å². The number of aliphatic imine (C=N–C) groups is 2. The van der Waals surface area contributed by atoms with Crippen LogP contribution in [0.5, 0.6) is 0 Å². The van der Waals surface area contributed by atoms with E-state index in [0.29, 0.717) is 47.9 Å². The van der Waals surface area contributed by atoms with Crippen LogP contribution in [0.1, 0.15) is 68.2 Å². The minimum Gasteiger partial charge on any atom is -0.456 e. The van der Waals surface area contributed by atoms with Gasteiger partial charge in [-0.2, -0.15) is 0 Å². The number of benzene rings is 2. The molecule has 6 N–H and O–H groups in total. The molecule has 0 radical (unpaired) electrons. The molecule has 55 heavy (non-hydrogen) atoms. The number of furan rings is 2. The third-order valence-corrected chi connectivity index (χ3v) is 8.81. The van der Waals surface area contributed by atoms with E-state index in [0.717, 1.165) is 75.4 Å². The molecule has 0 atom stereocenters. The highest BCUT2D eigenvalue weighted by atomic mass is 16.3. The quantitative estimate of drug-likeness (QED) is 0.0794. The lowest BCUT2D eigenvalue weighted by Gasteiger charge is -2.03. The molecule has 0 aliphatic carbocycles. The molecule has 8 rings (SSSR count). The fourth-order valence-corrected chi connectivity index (χ4v) is 6.29. The summed E-state index contributed by atoms with van der Waals surface area (Å²) >= 11 is 0. The molecule has 16 heteroatoms. The summed E-state index contributed by atoms with van der Waals surface area (Å²) in [5, 5.41) is 17.3. The molecular weight excluding hydrogens is 697 g/mol. The van der Waals surface area contributed by atoms with Crippen LogP contribution in [-0.2, 0) is 25.9 Å². The fourth-order valence-electron chi connectivity index (χ4n) is 6.29. The smallest absolute Gasteiger partial charge is 0.174 e. The molecule has 8 aromatic rings. The zero-order valence-electron chi connectivity index (χ0n) is 31.1. The van der Waals surface area contributed by atoms with Crippen molar-refractivity contribution in [2.45, 2.75) is 72.1 Å². The number of amidine groups is 2. The van der Waals surface area contributed by atoms with Crippen LogP contribution in [0.4, 0.5) is 0 Å². The van der Waals surface area contributed by atoms with Crippen LogP contribution in [0.15, 0.2) is 91.9 Å². The van der Waals surface area contributed by atoms with Gasteiger partial charge >= 0.3 is 0 Å². The van der Waals surface area contributed by atoms with Crippen LogP contribution in [0.25, 0.3) is 45.2 Å². The SMILES string of the molecule is CC(C)N=C(N)c1ccc2nc(-c3ccc(Cn4cc(CCCc5cn(Cc6ccc(-c7nc8ccc(C(N)=NC(C)C)cc8[nH]7)o6)nn5)nn4)o3)[nH]c2c1. The van der Waals surface area contributed by atoms with Crippen molar-refractivity contribution >= 4 is 33.7 Å². The van der Waals surface area contributed by atoms with Gasteiger partial charge in [0, 0.05) is 35.6 Å². The molecule has 0 saturated heterocycles. The first-order valence-electron chi connectivity index (χ1n) is 18.2. The van der Waals surface area contributed by atoms with Crippen LogP contribution in [0.2, 0.25) is 0 Å². The average Bonchev–Trinajstić information content (AvgIpc) is 4.00. The summed E-state index contributed by atoms with van der Waals surface area (Å²) in [6.07, 6.45) is 6.23. The molecule has 0 saturated carbocycles. The summed E-state index contributed by atoms with van der Waals surface area (Å²) < 4.78 is 15.8. The third kappa shape index (κ3) is 8.07. The van der Waals surface area contributed by atoms with Crippen molar-refractivity contribution in [2.24, 2.45) is 21.5 Å². The Morgan fingerprint density at radius 2 is 1.11 bits per heavy atom. The van der Waals surface area contributed by atoms with Gasteiger partial charge in [-0.05, 0) is 108 Å². The van der Waals surface area contributed by atoms with Gasteiger partial charge in [0.1, 0.15) is 36.3 Å². The monoisotopic (exact) mass is 738 g/mol. The van der Waals surface area contributed by atoms with Gasteiger partial charge in [-0.1, -0.05) is 10.4 Å². The lowest BCUT2D eigenvalue weighted by Crippen LogP contribution is -2.15. The second-order valence-electron chi connectivity index (χ2n) is 14.1. The molecule has 0 aliphatic rings. The Bertz CT molecular complexity index is 2460. The van der Waals surface area contributed by atoms with E-state index in [-0.39, 0.29) is 12.1 Å². The molecular formula is C39H42N14O2. The predicted octanol–water partition coefficient (Wildman–Crippen LogP) is 5.64. The minimum atomic E-state index is 0.114. The highest BCUT2D eigenvalue weighted by Crippen LogP contribution is 2.25. The second-order valence-corrected chi connectivity index (χ2v) is 14.1. The van der Waals surface area contributed by atoms with Crippen LogP contribution in [-0.4, -0.2) is 73.7 Å². The van der Waals surface area contributed by atoms with Crippen molar-refractivity contribution in [3.05, 3.63) is 107 Å². The highest BCUT2D eigenvalue weighted by Gasteiger charge is 2.15. The number of imidazole rings is 2. The minimum absolute atomic E-state index is 0.114. The first kappa shape index (κ1) is 35.2. The zero-order chi connectivity index (χ0) is 38.1. The van der Waals surface area contributed by atoms with Gasteiger partial charge in [0.2, 0.25) is 0 Å². The summed E-state index contributed by atoms with van der Waals surface area (Å²) in [5.74, 6) is 5.03. The van der Waals surface area contributed by atoms with E-state index >= 15 is 0 Å². The first-order chi connectivity index (χ1) is 26.6. The normalized spacial score (nSPS) is 12.7. The molecule has 2 aromatic carbocycles. The highest BCUT2D eigenvalue weighted by molar-refractivity contribution is 6.01. The number of fused-ring (bicyclic) bond motifs is 2. The Morgan fingerprint density at radius 1 is 0.655 bits per heavy atom. The van der Waals surface area contributed by atoms with Crippen molar-refractivity contribution in [3.8, 4) is 23.2 Å². The number of H-pyrrole nitrogens is 2. The van der Waals surface area contributed by atoms with Crippen molar-refractivity contribution in [3.63, 3.8) is 0 Å². The van der Waals surface area contributed by atoms with Gasteiger partial charge in [-0.3, -0.25) is 9.98 Å². The number of aryl methyl sites for hydroxylation is 2. The maximum atomic E-state index is 6.17. The van der Waals surface area contributed by atoms with Crippen molar-refractivity contribution in [1.29, 1.82) is 0 Å². The number of rotatable bonds is 14. The first-order valence-corrected chi connectivity index (χ1v) is 18.2. The van der Waals surface area contributed by atoms with Crippen LogP contribution >= 0.6 is 0 Å². The zero-order valence-corrected chi connectivity index (χ0v) is 31.1. The van der Waals surface area contributed by atoms with Crippen LogP contribution in [0.3, 0.4) is 0 Å². The number of aromatic nitrogens is 10. The number of nitrogens with two attached hydrogens (primary N) is 2. The van der Waals surface area contributed by atoms with E-state index in [2.05, 4.69) is 40.6 Å². The standard InChI is InChI=1S/C39H42N14O2/c1-22(2)42-36(40)24-8-12-30-32(16-24)46-38(44-30)34-14-10-28(54-34)20-52-18-26(48-50-52)6-5-7-27-19-53(51-49-27)21-29-11-15-35(55-29)39-45-31-13-9-25(17-33(31)47-39)37(41)43-23(3)4/h8-19,22-23H,5-7,20-21H2,1-4H3,(H2,40,42)(H2,41,43)(H,44,46)(H,45,47). The molecule has 16 nitrogen and oxygen atoms in total. The number of aromatic amines is 2. The molecule has 0 bridgehead atoms. The van der Waals surface area contributed by atoms with Crippen LogP contribution < -0.4 is 11.5 Å². The molecule has 0 fully saturated rings. The molecule has 0 aliphatic heterocycles. The molecule has 6 heterocycles. The number of nitrogens with one attached hydrogen (secondary N) is 2. The van der Waals surface area contributed by atoms with Gasteiger partial charge < -0.3 is 30.3 Å². The fraction of sp³-hybridized carbons (Fsp3) is 0.282. The van der Waals surface area contributed by atoms with E-state index in [9.17, 15) is 0 Å². The second kappa shape index (κ2) is 14.9. The number of nitrogens with zero attached hydrogens (tertiary/aromatic N) is 10. The summed E-state index contributed by atoms with van der Waals surface area (Å²) in [6.45, 7) is 8.87. The Labute approximate surface area is 315 Å². The Kier molecular flexibility index (Phi) is 9.53. The average molecular weight is 739 g/mol. The summed E-state index contributed by atoms with van der Waals surface area (Å²) in [4.78, 5) is 24.9. The van der Waals surface area contributed by atoms with E-state index in [1.54, 1.807) is 9.36 Å². The van der Waals surface area contributed by atoms with Crippen LogP contribution in [0, 0.1) is 0 Å². The van der Waals surface area contributed by atoms with Crippen molar-refractivity contribution in [2.75, 3.05) is 0 Å². The van der Waals surface area contributed by atoms with Gasteiger partial charge in [0.25, 0.3) is 0 Å². The largest absolute Gasteiger partial charge is 0.456 e. The lowest BCUT2D eigenvalue weighted by molar-refractivity contribution is 0.483. The number of hydrogen-bond acceptors (Lipinski definition) is 10. The Balaban J connectivity index is 0.826. The van der Waals surface area contributed by atoms with Gasteiger partial charge in [0.05, 0.1) is 33.5 Å². The van der Waals surface area contributed by atoms with E-state index in [1.165, 1.54) is 0 Å². The van der Waals surface area contributed by atoms with Gasteiger partial charge in [-0.25, -0.2) is 19.3 Å². The third-order valence-electron chi connectivity index (χ3n) is 8.81. The maximum absolute atomic E-state index is 6.17. The number of hydrogen-bond donors (Lipinski definition) is 4. The molecule has 6 aromatic heterocycles. The van der Waals surface area contributed by atoms with E-state index in [4.69, 9.17) is 30.3 Å². The van der Waals surface area contributed by atoms with E-state index in [1.807, 2.05) is 101 Å². The molecule has 0 unspecified atom stereocenters. The molecule has 0 amide bonds. The maximum Gasteiger partial charge on any atom is 0.174 e. The summed E-state index contributed by atoms with van der Waals surface area (Å²) in [6, 6.07) is 19.5. The summed E-state index contributed by atoms with van der Waals surface area (Å²) in [7, 11) is 0. The van der Waals surface area contributed by atoms with Gasteiger partial charge in [-0.15, -0.1) is 10.2 Å². The molecule has 0 spiro atoms. The predicted molar refractivity (Wildman–Crippen MR) is 210 cm³/mol. The van der Waals surface area contributed by atoms with Crippen molar-refractivity contribution < 1.29 is 8.83 Å². The molecule has 280 valence electrons. The Hall–Kier alpha value is -6.84. The summed E-state index contributed by atoms with van der Waals surface area (Å²) in [5.41, 5.74) is 19.2. The van der Waals surface area contributed by atoms with Crippen molar-refractivity contribution in [1.82, 2.24) is 49.9 Å². The van der Waals surface area contributed by atoms with Gasteiger partial charge in [0.15, 0.2) is 23.2 Å². The topological polar surface area (TPSA) is 222 Å².